The van der Waals surface area contributed by atoms with Gasteiger partial charge in [0.25, 0.3) is 5.69 Å². The number of nitrogens with zero attached hydrogens (tertiary/aromatic N) is 2. The molecule has 150 valence electrons. The molecule has 0 saturated carbocycles. The molecule has 0 fully saturated rings. The topological polar surface area (TPSA) is 134 Å². The molecule has 2 aromatic carbocycles. The fourth-order valence-corrected chi connectivity index (χ4v) is 4.20. The van der Waals surface area contributed by atoms with E-state index in [1.165, 1.54) is 43.4 Å². The Hall–Kier alpha value is -3.60. The molecule has 0 amide bonds. The largest absolute Gasteiger partial charge is 0.486 e. The third-order valence-corrected chi connectivity index (χ3v) is 5.89. The lowest BCUT2D eigenvalue weighted by Crippen LogP contribution is -2.16. The second-order valence-corrected chi connectivity index (χ2v) is 7.85. The summed E-state index contributed by atoms with van der Waals surface area (Å²) in [5.74, 6) is 0.446. The number of aromatic nitrogens is 1. The van der Waals surface area contributed by atoms with Crippen molar-refractivity contribution in [3.8, 4) is 23.0 Å². The number of hydrogen-bond donors (Lipinski definition) is 1. The average Bonchev–Trinajstić information content (AvgIpc) is 3.18. The zero-order valence-corrected chi connectivity index (χ0v) is 15.9. The number of nitro groups is 1. The molecule has 29 heavy (non-hydrogen) atoms. The van der Waals surface area contributed by atoms with E-state index in [-0.39, 0.29) is 32.9 Å². The number of para-hydroxylation sites is 1. The quantitative estimate of drug-likeness (QED) is 0.491. The van der Waals surface area contributed by atoms with E-state index < -0.39 is 14.8 Å². The molecule has 0 radical (unpaired) electrons. The van der Waals surface area contributed by atoms with Crippen LogP contribution >= 0.6 is 0 Å². The Morgan fingerprint density at radius 1 is 1.10 bits per heavy atom. The van der Waals surface area contributed by atoms with E-state index in [1.54, 1.807) is 6.07 Å². The minimum atomic E-state index is -4.11. The zero-order chi connectivity index (χ0) is 20.6. The van der Waals surface area contributed by atoms with Gasteiger partial charge in [-0.25, -0.2) is 8.42 Å². The fourth-order valence-electron chi connectivity index (χ4n) is 2.88. The Balaban J connectivity index is 1.82. The zero-order valence-electron chi connectivity index (χ0n) is 15.1. The number of anilines is 1. The number of oxazole rings is 1. The first-order valence-electron chi connectivity index (χ1n) is 8.49. The Morgan fingerprint density at radius 2 is 1.83 bits per heavy atom. The van der Waals surface area contributed by atoms with Gasteiger partial charge < -0.3 is 19.2 Å². The Bertz CT molecular complexity index is 1200. The maximum atomic E-state index is 13.2. The molecule has 0 aliphatic carbocycles. The minimum absolute atomic E-state index is 0.0672. The highest BCUT2D eigenvalue weighted by atomic mass is 32.2. The summed E-state index contributed by atoms with van der Waals surface area (Å²) in [5.41, 5.74) is -0.183. The van der Waals surface area contributed by atoms with Gasteiger partial charge in [-0.15, -0.1) is 0 Å². The lowest BCUT2D eigenvalue weighted by molar-refractivity contribution is -0.384. The first-order chi connectivity index (χ1) is 13.9. The molecular formula is C18H15N3O7S. The number of rotatable bonds is 5. The first kappa shape index (κ1) is 18.7. The van der Waals surface area contributed by atoms with Gasteiger partial charge in [-0.3, -0.25) is 10.1 Å². The van der Waals surface area contributed by atoms with E-state index in [9.17, 15) is 18.5 Å². The SMILES string of the molecule is CNc1oc(-c2ccccc2[N+](=O)[O-])nc1S(=O)(=O)c1ccc2c(c1)OCCO2. The predicted molar refractivity (Wildman–Crippen MR) is 101 cm³/mol. The smallest absolute Gasteiger partial charge is 0.282 e. The number of nitro benzene ring substituents is 1. The normalized spacial score (nSPS) is 13.1. The number of hydrogen-bond acceptors (Lipinski definition) is 9. The van der Waals surface area contributed by atoms with Crippen LogP contribution < -0.4 is 14.8 Å². The minimum Gasteiger partial charge on any atom is -0.486 e. The van der Waals surface area contributed by atoms with Crippen LogP contribution in [0, 0.1) is 10.1 Å². The van der Waals surface area contributed by atoms with Crippen molar-refractivity contribution in [2.75, 3.05) is 25.6 Å². The van der Waals surface area contributed by atoms with Crippen LogP contribution in [0.2, 0.25) is 0 Å². The van der Waals surface area contributed by atoms with E-state index in [1.807, 2.05) is 0 Å². The number of nitrogens with one attached hydrogen (secondary N) is 1. The molecule has 3 aromatic rings. The van der Waals surface area contributed by atoms with Gasteiger partial charge in [-0.2, -0.15) is 4.98 Å². The number of benzene rings is 2. The standard InChI is InChI=1S/C18H15N3O7S/c1-19-17-18(20-16(28-17)12-4-2-3-5-13(12)21(22)23)29(24,25)11-6-7-14-15(10-11)27-9-8-26-14/h2-7,10,19H,8-9H2,1H3. The fraction of sp³-hybridized carbons (Fsp3) is 0.167. The van der Waals surface area contributed by atoms with Crippen LogP contribution in [0.4, 0.5) is 11.6 Å². The molecule has 0 unspecified atom stereocenters. The van der Waals surface area contributed by atoms with Crippen LogP contribution in [0.1, 0.15) is 0 Å². The van der Waals surface area contributed by atoms with Crippen molar-refractivity contribution >= 4 is 21.4 Å². The summed E-state index contributed by atoms with van der Waals surface area (Å²) in [7, 11) is -2.64. The van der Waals surface area contributed by atoms with Crippen molar-refractivity contribution in [1.82, 2.24) is 4.98 Å². The Kier molecular flexibility index (Phi) is 4.59. The predicted octanol–water partition coefficient (Wildman–Crippen LogP) is 2.90. The average molecular weight is 417 g/mol. The van der Waals surface area contributed by atoms with Gasteiger partial charge in [0.1, 0.15) is 18.8 Å². The lowest BCUT2D eigenvalue weighted by Gasteiger charge is -2.18. The molecule has 4 rings (SSSR count). The summed E-state index contributed by atoms with van der Waals surface area (Å²) < 4.78 is 42.7. The summed E-state index contributed by atoms with van der Waals surface area (Å²) in [4.78, 5) is 14.7. The van der Waals surface area contributed by atoms with Gasteiger partial charge in [-0.1, -0.05) is 12.1 Å². The van der Waals surface area contributed by atoms with Crippen LogP contribution in [0.5, 0.6) is 11.5 Å². The Morgan fingerprint density at radius 3 is 2.55 bits per heavy atom. The van der Waals surface area contributed by atoms with Crippen molar-refractivity contribution < 1.29 is 27.2 Å². The molecule has 0 saturated heterocycles. The van der Waals surface area contributed by atoms with E-state index in [2.05, 4.69) is 10.3 Å². The highest BCUT2D eigenvalue weighted by molar-refractivity contribution is 7.91. The van der Waals surface area contributed by atoms with Gasteiger partial charge in [0.2, 0.25) is 26.6 Å². The van der Waals surface area contributed by atoms with Crippen LogP contribution in [-0.4, -0.2) is 38.6 Å². The summed E-state index contributed by atoms with van der Waals surface area (Å²) in [5, 5.41) is 13.5. The lowest BCUT2D eigenvalue weighted by atomic mass is 10.2. The van der Waals surface area contributed by atoms with Crippen molar-refractivity contribution in [1.29, 1.82) is 0 Å². The number of ether oxygens (including phenoxy) is 2. The molecule has 11 heteroatoms. The van der Waals surface area contributed by atoms with E-state index in [0.29, 0.717) is 24.7 Å². The van der Waals surface area contributed by atoms with E-state index >= 15 is 0 Å². The summed E-state index contributed by atoms with van der Waals surface area (Å²) in [6, 6.07) is 10.0. The molecule has 0 atom stereocenters. The summed E-state index contributed by atoms with van der Waals surface area (Å²) >= 11 is 0. The molecule has 0 bridgehead atoms. The van der Waals surface area contributed by atoms with Crippen LogP contribution in [0.3, 0.4) is 0 Å². The van der Waals surface area contributed by atoms with Crippen molar-refractivity contribution in [3.05, 3.63) is 52.6 Å². The van der Waals surface area contributed by atoms with E-state index in [0.717, 1.165) is 0 Å². The molecule has 1 aliphatic heterocycles. The molecule has 10 nitrogen and oxygen atoms in total. The van der Waals surface area contributed by atoms with Crippen LogP contribution in [-0.2, 0) is 9.84 Å². The molecular weight excluding hydrogens is 402 g/mol. The number of sulfone groups is 1. The highest BCUT2D eigenvalue weighted by Gasteiger charge is 2.31. The van der Waals surface area contributed by atoms with Crippen LogP contribution in [0.15, 0.2) is 56.8 Å². The van der Waals surface area contributed by atoms with Gasteiger partial charge in [0.15, 0.2) is 11.5 Å². The van der Waals surface area contributed by atoms with Gasteiger partial charge >= 0.3 is 0 Å². The third-order valence-electron chi connectivity index (χ3n) is 4.23. The van der Waals surface area contributed by atoms with Gasteiger partial charge in [-0.05, 0) is 18.2 Å². The van der Waals surface area contributed by atoms with Crippen molar-refractivity contribution in [3.63, 3.8) is 0 Å². The van der Waals surface area contributed by atoms with Gasteiger partial charge in [0, 0.05) is 19.2 Å². The maximum absolute atomic E-state index is 13.2. The Labute approximate surface area is 165 Å². The molecule has 2 heterocycles. The molecule has 1 N–H and O–H groups in total. The highest BCUT2D eigenvalue weighted by Crippen LogP contribution is 2.38. The molecule has 1 aliphatic rings. The number of fused-ring (bicyclic) bond motifs is 1. The van der Waals surface area contributed by atoms with E-state index in [4.69, 9.17) is 13.9 Å². The molecule has 0 spiro atoms. The third kappa shape index (κ3) is 3.25. The van der Waals surface area contributed by atoms with Crippen LogP contribution in [0.25, 0.3) is 11.5 Å². The summed E-state index contributed by atoms with van der Waals surface area (Å²) in [6.07, 6.45) is 0. The van der Waals surface area contributed by atoms with Crippen molar-refractivity contribution in [2.45, 2.75) is 9.92 Å². The first-order valence-corrected chi connectivity index (χ1v) is 9.97. The second-order valence-electron chi connectivity index (χ2n) is 5.99. The summed E-state index contributed by atoms with van der Waals surface area (Å²) in [6.45, 7) is 0.690. The second kappa shape index (κ2) is 7.09. The maximum Gasteiger partial charge on any atom is 0.282 e. The molecule has 1 aromatic heterocycles. The van der Waals surface area contributed by atoms with Gasteiger partial charge in [0.05, 0.1) is 9.82 Å². The van der Waals surface area contributed by atoms with Crippen molar-refractivity contribution in [2.24, 2.45) is 0 Å². The monoisotopic (exact) mass is 417 g/mol.